The van der Waals surface area contributed by atoms with Crippen molar-refractivity contribution in [2.45, 2.75) is 13.0 Å². The number of benzene rings is 1. The lowest BCUT2D eigenvalue weighted by molar-refractivity contribution is 0.0600. The molecule has 1 atom stereocenters. The van der Waals surface area contributed by atoms with Crippen LogP contribution >= 0.6 is 0 Å². The maximum absolute atomic E-state index is 11.4. The van der Waals surface area contributed by atoms with E-state index in [4.69, 9.17) is 0 Å². The van der Waals surface area contributed by atoms with Crippen molar-refractivity contribution in [3.05, 3.63) is 65.5 Å². The van der Waals surface area contributed by atoms with Crippen LogP contribution < -0.4 is 0 Å². The molecule has 7 heteroatoms. The molecule has 1 heterocycles. The van der Waals surface area contributed by atoms with Crippen molar-refractivity contribution in [1.82, 2.24) is 9.29 Å². The number of rotatable bonds is 7. The highest BCUT2D eigenvalue weighted by Gasteiger charge is 2.10. The fourth-order valence-electron chi connectivity index (χ4n) is 2.04. The van der Waals surface area contributed by atoms with Crippen LogP contribution in [0.5, 0.6) is 0 Å². The summed E-state index contributed by atoms with van der Waals surface area (Å²) in [4.78, 5) is 15.5. The molecule has 122 valence electrons. The zero-order valence-corrected chi connectivity index (χ0v) is 13.5. The van der Waals surface area contributed by atoms with Crippen LogP contribution in [0.2, 0.25) is 0 Å². The van der Waals surface area contributed by atoms with E-state index in [1.54, 1.807) is 12.1 Å². The highest BCUT2D eigenvalue weighted by Crippen LogP contribution is 2.08. The lowest BCUT2D eigenvalue weighted by Gasteiger charge is -2.23. The van der Waals surface area contributed by atoms with Crippen molar-refractivity contribution in [3.8, 4) is 0 Å². The van der Waals surface area contributed by atoms with Crippen molar-refractivity contribution < 1.29 is 18.3 Å². The Bertz CT molecular complexity index is 662. The van der Waals surface area contributed by atoms with Crippen LogP contribution in [-0.4, -0.2) is 37.7 Å². The van der Waals surface area contributed by atoms with Crippen molar-refractivity contribution in [2.24, 2.45) is 0 Å². The minimum atomic E-state index is -2.34. The molecule has 0 aliphatic heterocycles. The molecule has 0 N–H and O–H groups in total. The van der Waals surface area contributed by atoms with Crippen LogP contribution in [0, 0.1) is 0 Å². The van der Waals surface area contributed by atoms with Gasteiger partial charge in [-0.1, -0.05) is 30.3 Å². The molecule has 0 fully saturated rings. The first-order valence-corrected chi connectivity index (χ1v) is 8.05. The van der Waals surface area contributed by atoms with Crippen molar-refractivity contribution in [2.75, 3.05) is 13.7 Å². The van der Waals surface area contributed by atoms with Gasteiger partial charge in [-0.2, -0.15) is 0 Å². The normalized spacial score (nSPS) is 12.1. The van der Waals surface area contributed by atoms with Gasteiger partial charge in [0.1, 0.15) is 0 Å². The summed E-state index contributed by atoms with van der Waals surface area (Å²) in [6, 6.07) is 12.8. The average molecular weight is 333 g/mol. The number of pyridine rings is 1. The van der Waals surface area contributed by atoms with E-state index in [1.165, 1.54) is 17.6 Å². The predicted molar refractivity (Wildman–Crippen MR) is 85.1 cm³/mol. The van der Waals surface area contributed by atoms with E-state index in [0.29, 0.717) is 24.2 Å². The van der Waals surface area contributed by atoms with Gasteiger partial charge in [-0.05, 0) is 24.1 Å². The second-order valence-corrected chi connectivity index (χ2v) is 5.80. The molecule has 0 aliphatic carbocycles. The topological polar surface area (TPSA) is 82.6 Å². The van der Waals surface area contributed by atoms with Gasteiger partial charge in [0.15, 0.2) is 0 Å². The van der Waals surface area contributed by atoms with Gasteiger partial charge in [-0.3, -0.25) is 9.19 Å². The Kier molecular flexibility index (Phi) is 6.40. The summed E-state index contributed by atoms with van der Waals surface area (Å²) in [6.07, 6.45) is 2.00. The average Bonchev–Trinajstić information content (AvgIpc) is 2.59. The molecular formula is C16H17N2O4S-. The molecule has 2 rings (SSSR count). The second kappa shape index (κ2) is 8.52. The lowest BCUT2D eigenvalue weighted by Crippen LogP contribution is -2.28. The first-order chi connectivity index (χ1) is 11.1. The minimum Gasteiger partial charge on any atom is -0.760 e. The smallest absolute Gasteiger partial charge is 0.339 e. The van der Waals surface area contributed by atoms with E-state index in [1.807, 2.05) is 30.3 Å². The first kappa shape index (κ1) is 17.3. The Morgan fingerprint density at radius 3 is 2.57 bits per heavy atom. The van der Waals surface area contributed by atoms with Crippen LogP contribution in [0.15, 0.2) is 48.7 Å². The fraction of sp³-hybridized carbons (Fsp3) is 0.250. The quantitative estimate of drug-likeness (QED) is 0.569. The number of nitrogens with zero attached hydrogens (tertiary/aromatic N) is 2. The Hall–Kier alpha value is -2.09. The summed E-state index contributed by atoms with van der Waals surface area (Å²) >= 11 is -2.34. The number of aromatic nitrogens is 1. The minimum absolute atomic E-state index is 0.157. The number of carbonyl (C=O) groups is 1. The van der Waals surface area contributed by atoms with Crippen molar-refractivity contribution in [3.63, 3.8) is 0 Å². The first-order valence-electron chi connectivity index (χ1n) is 7.01. The van der Waals surface area contributed by atoms with Crippen LogP contribution in [-0.2, 0) is 29.0 Å². The van der Waals surface area contributed by atoms with E-state index in [-0.39, 0.29) is 6.54 Å². The van der Waals surface area contributed by atoms with Crippen LogP contribution in [0.1, 0.15) is 21.6 Å². The molecule has 1 aromatic heterocycles. The number of esters is 1. The third kappa shape index (κ3) is 5.24. The van der Waals surface area contributed by atoms with E-state index in [9.17, 15) is 13.6 Å². The van der Waals surface area contributed by atoms with Crippen LogP contribution in [0.4, 0.5) is 0 Å². The monoisotopic (exact) mass is 333 g/mol. The van der Waals surface area contributed by atoms with Gasteiger partial charge in [0.05, 0.1) is 24.9 Å². The van der Waals surface area contributed by atoms with Gasteiger partial charge in [0, 0.05) is 24.0 Å². The lowest BCUT2D eigenvalue weighted by atomic mass is 10.1. The molecule has 23 heavy (non-hydrogen) atoms. The largest absolute Gasteiger partial charge is 0.760 e. The number of hydrogen-bond donors (Lipinski definition) is 0. The third-order valence-corrected chi connectivity index (χ3v) is 4.02. The highest BCUT2D eigenvalue weighted by molar-refractivity contribution is 7.76. The molecule has 0 saturated heterocycles. The standard InChI is InChI=1S/C16H18N2O4S/c1-22-16(19)14-7-8-15(17-11-14)12-18(23(20)21)10-9-13-5-3-2-4-6-13/h2-8,11H,9-10,12H2,1H3,(H,20,21)/p-1. The number of hydrogen-bond acceptors (Lipinski definition) is 5. The van der Waals surface area contributed by atoms with Gasteiger partial charge < -0.3 is 9.29 Å². The van der Waals surface area contributed by atoms with Gasteiger partial charge >= 0.3 is 5.97 Å². The molecule has 0 amide bonds. The molecule has 0 aliphatic rings. The highest BCUT2D eigenvalue weighted by atomic mass is 32.2. The van der Waals surface area contributed by atoms with Gasteiger partial charge in [0.2, 0.25) is 0 Å². The van der Waals surface area contributed by atoms with E-state index in [0.717, 1.165) is 5.56 Å². The molecule has 2 aromatic rings. The summed E-state index contributed by atoms with van der Waals surface area (Å²) in [6.45, 7) is 0.519. The molecule has 1 aromatic carbocycles. The second-order valence-electron chi connectivity index (χ2n) is 4.85. The fourth-order valence-corrected chi connectivity index (χ4v) is 2.52. The summed E-state index contributed by atoms with van der Waals surface area (Å²) in [5.74, 6) is -0.475. The number of methoxy groups -OCH3 is 1. The maximum atomic E-state index is 11.4. The van der Waals surface area contributed by atoms with Crippen LogP contribution in [0.25, 0.3) is 0 Å². The summed E-state index contributed by atoms with van der Waals surface area (Å²) in [5, 5.41) is 0. The molecular weight excluding hydrogens is 316 g/mol. The SMILES string of the molecule is COC(=O)c1ccc(CN(CCc2ccccc2)S(=O)[O-])nc1. The molecule has 1 unspecified atom stereocenters. The maximum Gasteiger partial charge on any atom is 0.339 e. The Morgan fingerprint density at radius 2 is 2.00 bits per heavy atom. The zero-order chi connectivity index (χ0) is 16.7. The van der Waals surface area contributed by atoms with E-state index >= 15 is 0 Å². The molecule has 0 radical (unpaired) electrons. The summed E-state index contributed by atoms with van der Waals surface area (Å²) < 4.78 is 28.6. The summed E-state index contributed by atoms with van der Waals surface area (Å²) in [5.41, 5.74) is 1.96. The van der Waals surface area contributed by atoms with E-state index < -0.39 is 17.2 Å². The molecule has 6 nitrogen and oxygen atoms in total. The summed E-state index contributed by atoms with van der Waals surface area (Å²) in [7, 11) is 1.29. The van der Waals surface area contributed by atoms with Crippen molar-refractivity contribution >= 4 is 17.2 Å². The Morgan fingerprint density at radius 1 is 1.26 bits per heavy atom. The predicted octanol–water partition coefficient (Wildman–Crippen LogP) is 1.71. The van der Waals surface area contributed by atoms with Crippen molar-refractivity contribution in [1.29, 1.82) is 0 Å². The third-order valence-electron chi connectivity index (χ3n) is 3.29. The molecule has 0 saturated carbocycles. The Balaban J connectivity index is 1.99. The van der Waals surface area contributed by atoms with E-state index in [2.05, 4.69) is 9.72 Å². The Labute approximate surface area is 137 Å². The molecule has 0 spiro atoms. The number of carbonyl (C=O) groups excluding carboxylic acids is 1. The van der Waals surface area contributed by atoms with Gasteiger partial charge in [-0.15, -0.1) is 0 Å². The zero-order valence-electron chi connectivity index (χ0n) is 12.7. The molecule has 0 bridgehead atoms. The van der Waals surface area contributed by atoms with Crippen LogP contribution in [0.3, 0.4) is 0 Å². The van der Waals surface area contributed by atoms with Gasteiger partial charge in [-0.25, -0.2) is 9.10 Å². The number of ether oxygens (including phenoxy) is 1. The van der Waals surface area contributed by atoms with Gasteiger partial charge in [0.25, 0.3) is 0 Å².